The van der Waals surface area contributed by atoms with E-state index in [1.807, 2.05) is 12.1 Å². The molecular weight excluding hydrogens is 216 g/mol. The minimum absolute atomic E-state index is 0.126. The van der Waals surface area contributed by atoms with Gasteiger partial charge in [-0.15, -0.1) is 0 Å². The van der Waals surface area contributed by atoms with Crippen LogP contribution in [-0.2, 0) is 16.1 Å². The van der Waals surface area contributed by atoms with Crippen LogP contribution in [0.5, 0.6) is 0 Å². The molecule has 17 heavy (non-hydrogen) atoms. The zero-order chi connectivity index (χ0) is 11.9. The summed E-state index contributed by atoms with van der Waals surface area (Å²) in [4.78, 5) is 15.7. The van der Waals surface area contributed by atoms with Crippen molar-refractivity contribution in [2.75, 3.05) is 13.2 Å². The molecule has 0 bridgehead atoms. The minimum atomic E-state index is 0.126. The number of aromatic nitrogens is 1. The van der Waals surface area contributed by atoms with Crippen molar-refractivity contribution in [3.05, 3.63) is 30.1 Å². The summed E-state index contributed by atoms with van der Waals surface area (Å²) < 4.78 is 5.27. The maximum Gasteiger partial charge on any atom is 0.220 e. The van der Waals surface area contributed by atoms with E-state index in [1.54, 1.807) is 12.4 Å². The largest absolute Gasteiger partial charge is 0.381 e. The summed E-state index contributed by atoms with van der Waals surface area (Å²) in [6.45, 7) is 2.15. The Labute approximate surface area is 101 Å². The number of carbonyl (C=O) groups excluding carboxylic acids is 1. The van der Waals surface area contributed by atoms with E-state index >= 15 is 0 Å². The molecule has 92 valence electrons. The topological polar surface area (TPSA) is 51.2 Å². The van der Waals surface area contributed by atoms with Gasteiger partial charge < -0.3 is 10.1 Å². The Morgan fingerprint density at radius 2 is 2.29 bits per heavy atom. The summed E-state index contributed by atoms with van der Waals surface area (Å²) >= 11 is 0. The van der Waals surface area contributed by atoms with E-state index in [0.29, 0.717) is 18.9 Å². The highest BCUT2D eigenvalue weighted by atomic mass is 16.5. The highest BCUT2D eigenvalue weighted by Crippen LogP contribution is 2.18. The third-order valence-electron chi connectivity index (χ3n) is 3.03. The van der Waals surface area contributed by atoms with Gasteiger partial charge in [0.2, 0.25) is 5.91 Å². The number of nitrogens with one attached hydrogen (secondary N) is 1. The molecule has 1 fully saturated rings. The number of ether oxygens (including phenoxy) is 1. The molecule has 1 amide bonds. The standard InChI is InChI=1S/C13H18N2O2/c16-13(8-11-3-6-17-7-4-11)15-10-12-2-1-5-14-9-12/h1-2,5,9,11H,3-4,6-8,10H2,(H,15,16). The van der Waals surface area contributed by atoms with E-state index in [0.717, 1.165) is 31.6 Å². The molecule has 1 aromatic rings. The van der Waals surface area contributed by atoms with Gasteiger partial charge in [0.05, 0.1) is 0 Å². The second kappa shape index (κ2) is 6.35. The van der Waals surface area contributed by atoms with Gasteiger partial charge in [0.15, 0.2) is 0 Å². The summed E-state index contributed by atoms with van der Waals surface area (Å²) in [6.07, 6.45) is 6.12. The number of amides is 1. The molecule has 0 atom stereocenters. The van der Waals surface area contributed by atoms with E-state index < -0.39 is 0 Å². The predicted octanol–water partition coefficient (Wildman–Crippen LogP) is 1.51. The van der Waals surface area contributed by atoms with E-state index in [4.69, 9.17) is 4.74 Å². The van der Waals surface area contributed by atoms with Crippen LogP contribution in [0.3, 0.4) is 0 Å². The number of nitrogens with zero attached hydrogens (tertiary/aromatic N) is 1. The first-order valence-electron chi connectivity index (χ1n) is 6.08. The molecule has 1 aromatic heterocycles. The molecule has 4 heteroatoms. The van der Waals surface area contributed by atoms with Crippen LogP contribution >= 0.6 is 0 Å². The summed E-state index contributed by atoms with van der Waals surface area (Å²) in [5, 5.41) is 2.93. The van der Waals surface area contributed by atoms with Gasteiger partial charge in [-0.3, -0.25) is 9.78 Å². The Morgan fingerprint density at radius 3 is 3.00 bits per heavy atom. The lowest BCUT2D eigenvalue weighted by atomic mass is 9.96. The molecule has 1 N–H and O–H groups in total. The third kappa shape index (κ3) is 4.15. The van der Waals surface area contributed by atoms with E-state index in [-0.39, 0.29) is 5.91 Å². The molecule has 0 radical (unpaired) electrons. The summed E-state index contributed by atoms with van der Waals surface area (Å²) in [5.41, 5.74) is 1.04. The van der Waals surface area contributed by atoms with Gasteiger partial charge in [-0.25, -0.2) is 0 Å². The molecule has 0 unspecified atom stereocenters. The van der Waals surface area contributed by atoms with Gasteiger partial charge in [-0.1, -0.05) is 6.07 Å². The molecule has 4 nitrogen and oxygen atoms in total. The Hall–Kier alpha value is -1.42. The first-order valence-corrected chi connectivity index (χ1v) is 6.08. The van der Waals surface area contributed by atoms with Crippen molar-refractivity contribution < 1.29 is 9.53 Å². The van der Waals surface area contributed by atoms with Crippen molar-refractivity contribution in [1.29, 1.82) is 0 Å². The van der Waals surface area contributed by atoms with Gasteiger partial charge >= 0.3 is 0 Å². The van der Waals surface area contributed by atoms with Crippen molar-refractivity contribution in [3.8, 4) is 0 Å². The molecule has 0 aromatic carbocycles. The molecule has 0 aliphatic carbocycles. The lowest BCUT2D eigenvalue weighted by Crippen LogP contribution is -2.27. The minimum Gasteiger partial charge on any atom is -0.381 e. The molecule has 2 rings (SSSR count). The average molecular weight is 234 g/mol. The van der Waals surface area contributed by atoms with Gasteiger partial charge in [-0.05, 0) is 30.4 Å². The van der Waals surface area contributed by atoms with Crippen LogP contribution in [0.4, 0.5) is 0 Å². The Kier molecular flexibility index (Phi) is 4.50. The lowest BCUT2D eigenvalue weighted by Gasteiger charge is -2.21. The van der Waals surface area contributed by atoms with Crippen molar-refractivity contribution in [2.24, 2.45) is 5.92 Å². The SMILES string of the molecule is O=C(CC1CCOCC1)NCc1cccnc1. The maximum atomic E-state index is 11.7. The quantitative estimate of drug-likeness (QED) is 0.859. The Morgan fingerprint density at radius 1 is 1.47 bits per heavy atom. The fraction of sp³-hybridized carbons (Fsp3) is 0.538. The van der Waals surface area contributed by atoms with Crippen LogP contribution in [0.25, 0.3) is 0 Å². The van der Waals surface area contributed by atoms with Crippen molar-refractivity contribution >= 4 is 5.91 Å². The highest BCUT2D eigenvalue weighted by molar-refractivity contribution is 5.76. The summed E-state index contributed by atoms with van der Waals surface area (Å²) in [5.74, 6) is 0.610. The molecule has 2 heterocycles. The van der Waals surface area contributed by atoms with Gasteiger partial charge in [0, 0.05) is 38.6 Å². The zero-order valence-corrected chi connectivity index (χ0v) is 9.89. The monoisotopic (exact) mass is 234 g/mol. The number of pyridine rings is 1. The fourth-order valence-corrected chi connectivity index (χ4v) is 1.99. The predicted molar refractivity (Wildman–Crippen MR) is 64.2 cm³/mol. The van der Waals surface area contributed by atoms with Crippen LogP contribution in [0.1, 0.15) is 24.8 Å². The summed E-state index contributed by atoms with van der Waals surface area (Å²) in [6, 6.07) is 3.84. The number of hydrogen-bond donors (Lipinski definition) is 1. The third-order valence-corrected chi connectivity index (χ3v) is 3.03. The molecule has 1 aliphatic heterocycles. The highest BCUT2D eigenvalue weighted by Gasteiger charge is 2.16. The van der Waals surface area contributed by atoms with Crippen LogP contribution < -0.4 is 5.32 Å². The van der Waals surface area contributed by atoms with E-state index in [9.17, 15) is 4.79 Å². The number of rotatable bonds is 4. The van der Waals surface area contributed by atoms with Crippen LogP contribution in [-0.4, -0.2) is 24.1 Å². The smallest absolute Gasteiger partial charge is 0.220 e. The molecule has 0 spiro atoms. The van der Waals surface area contributed by atoms with E-state index in [2.05, 4.69) is 10.3 Å². The lowest BCUT2D eigenvalue weighted by molar-refractivity contribution is -0.122. The van der Waals surface area contributed by atoms with Crippen LogP contribution in [0.2, 0.25) is 0 Å². The second-order valence-electron chi connectivity index (χ2n) is 4.40. The van der Waals surface area contributed by atoms with Gasteiger partial charge in [0.25, 0.3) is 0 Å². The number of hydrogen-bond acceptors (Lipinski definition) is 3. The van der Waals surface area contributed by atoms with Crippen molar-refractivity contribution in [1.82, 2.24) is 10.3 Å². The zero-order valence-electron chi connectivity index (χ0n) is 9.89. The van der Waals surface area contributed by atoms with Crippen LogP contribution in [0.15, 0.2) is 24.5 Å². The maximum absolute atomic E-state index is 11.7. The first-order chi connectivity index (χ1) is 8.34. The normalized spacial score (nSPS) is 16.7. The molecule has 1 saturated heterocycles. The average Bonchev–Trinajstić information content (AvgIpc) is 2.39. The van der Waals surface area contributed by atoms with Crippen LogP contribution in [0, 0.1) is 5.92 Å². The summed E-state index contributed by atoms with van der Waals surface area (Å²) in [7, 11) is 0. The van der Waals surface area contributed by atoms with E-state index in [1.165, 1.54) is 0 Å². The Balaban J connectivity index is 1.70. The number of carbonyl (C=O) groups is 1. The second-order valence-corrected chi connectivity index (χ2v) is 4.40. The van der Waals surface area contributed by atoms with Gasteiger partial charge in [0.1, 0.15) is 0 Å². The van der Waals surface area contributed by atoms with Gasteiger partial charge in [-0.2, -0.15) is 0 Å². The molecule has 1 aliphatic rings. The van der Waals surface area contributed by atoms with Crippen molar-refractivity contribution in [2.45, 2.75) is 25.8 Å². The fourth-order valence-electron chi connectivity index (χ4n) is 1.99. The molecular formula is C13H18N2O2. The first kappa shape index (κ1) is 12.0. The Bertz CT molecular complexity index is 348. The van der Waals surface area contributed by atoms with Crippen molar-refractivity contribution in [3.63, 3.8) is 0 Å². The molecule has 0 saturated carbocycles.